The molecule has 3 N–H and O–H groups in total. The van der Waals surface area contributed by atoms with Crippen molar-refractivity contribution in [3.05, 3.63) is 170 Å². The van der Waals surface area contributed by atoms with E-state index in [0.29, 0.717) is 38.5 Å². The monoisotopic (exact) mass is 1440 g/mol. The summed E-state index contributed by atoms with van der Waals surface area (Å²) in [4.78, 5) is 72.8. The zero-order valence-electron chi connectivity index (χ0n) is 61.5. The van der Waals surface area contributed by atoms with Gasteiger partial charge < -0.3 is 33.8 Å². The molecule has 0 saturated carbocycles. The van der Waals surface area contributed by atoms with Gasteiger partial charge in [0.25, 0.3) is 0 Å². The van der Waals surface area contributed by atoms with Gasteiger partial charge in [0.05, 0.1) is 26.4 Å². The average Bonchev–Trinajstić information content (AvgIpc) is 1.06. The van der Waals surface area contributed by atoms with E-state index in [1.807, 2.05) is 18.2 Å². The van der Waals surface area contributed by atoms with Gasteiger partial charge in [-0.25, -0.2) is 9.13 Å². The fraction of sp³-hybridized carbons (Fsp3) is 0.605. The second-order valence-corrected chi connectivity index (χ2v) is 27.0. The Morgan fingerprint density at radius 3 is 0.860 bits per heavy atom. The number of phosphoric ester groups is 2. The molecular weight excluding hydrogens is 1310 g/mol. The van der Waals surface area contributed by atoms with Crippen LogP contribution in [0.25, 0.3) is 0 Å². The van der Waals surface area contributed by atoms with Crippen LogP contribution in [0.5, 0.6) is 0 Å². The van der Waals surface area contributed by atoms with Crippen LogP contribution >= 0.6 is 15.6 Å². The van der Waals surface area contributed by atoms with E-state index < -0.39 is 97.5 Å². The number of phosphoric acid groups is 2. The Hall–Kier alpha value is -5.58. The number of carbonyl (C=O) groups excluding carboxylic acids is 4. The van der Waals surface area contributed by atoms with E-state index in [2.05, 4.69) is 180 Å². The molecule has 0 aromatic carbocycles. The molecule has 19 heteroatoms. The van der Waals surface area contributed by atoms with Crippen molar-refractivity contribution in [1.29, 1.82) is 0 Å². The fourth-order valence-electron chi connectivity index (χ4n) is 9.06. The summed E-state index contributed by atoms with van der Waals surface area (Å²) >= 11 is 0. The topological polar surface area (TPSA) is 237 Å². The minimum atomic E-state index is -5.01. The lowest BCUT2D eigenvalue weighted by molar-refractivity contribution is -0.161. The number of rotatable bonds is 68. The van der Waals surface area contributed by atoms with Crippen LogP contribution in [-0.4, -0.2) is 96.7 Å². The molecule has 0 aliphatic carbocycles. The SMILES string of the molecule is CC/C=C\C/C=C\C/C=C\C/C=C\C/C=C\CCCC(=O)OCC(COP(=O)(O)OCC(O)COP(=O)(O)OCC(COC(=O)CCCCCCC/C=C\C/C=C\C/C=C\CC)OC(=O)CCCCCCC/C=C\C/C=C\CCC)OC(=O)CCCC/C=C\C/C=C\C/C=C\C/C=C\CC. The molecule has 0 amide bonds. The van der Waals surface area contributed by atoms with Gasteiger partial charge in [-0.05, 0) is 161 Å². The van der Waals surface area contributed by atoms with Crippen molar-refractivity contribution in [2.75, 3.05) is 39.6 Å². The van der Waals surface area contributed by atoms with Gasteiger partial charge in [-0.1, -0.05) is 243 Å². The second-order valence-electron chi connectivity index (χ2n) is 24.1. The summed E-state index contributed by atoms with van der Waals surface area (Å²) in [6.45, 7) is 4.28. The van der Waals surface area contributed by atoms with Gasteiger partial charge in [-0.2, -0.15) is 0 Å². The van der Waals surface area contributed by atoms with E-state index in [-0.39, 0.29) is 25.7 Å². The molecule has 566 valence electrons. The van der Waals surface area contributed by atoms with Crippen LogP contribution < -0.4 is 0 Å². The van der Waals surface area contributed by atoms with Crippen LogP contribution in [0.1, 0.15) is 259 Å². The van der Waals surface area contributed by atoms with E-state index in [9.17, 15) is 43.2 Å². The van der Waals surface area contributed by atoms with Crippen molar-refractivity contribution in [1.82, 2.24) is 0 Å². The van der Waals surface area contributed by atoms with E-state index in [4.69, 9.17) is 37.0 Å². The average molecular weight is 1440 g/mol. The van der Waals surface area contributed by atoms with Crippen LogP contribution in [0, 0.1) is 0 Å². The summed E-state index contributed by atoms with van der Waals surface area (Å²) in [5.74, 6) is -2.34. The summed E-state index contributed by atoms with van der Waals surface area (Å²) in [5, 5.41) is 10.6. The number of hydrogen-bond donors (Lipinski definition) is 3. The van der Waals surface area contributed by atoms with Gasteiger partial charge in [-0.15, -0.1) is 0 Å². The third kappa shape index (κ3) is 70.8. The highest BCUT2D eigenvalue weighted by atomic mass is 31.2. The van der Waals surface area contributed by atoms with Gasteiger partial charge in [0.1, 0.15) is 19.3 Å². The van der Waals surface area contributed by atoms with E-state index in [0.717, 1.165) is 167 Å². The molecule has 17 nitrogen and oxygen atoms in total. The molecule has 100 heavy (non-hydrogen) atoms. The number of ether oxygens (including phenoxy) is 4. The zero-order chi connectivity index (χ0) is 73.2. The van der Waals surface area contributed by atoms with Crippen molar-refractivity contribution in [2.24, 2.45) is 0 Å². The molecule has 0 saturated heterocycles. The van der Waals surface area contributed by atoms with Crippen molar-refractivity contribution in [3.8, 4) is 0 Å². The first-order valence-corrected chi connectivity index (χ1v) is 40.4. The normalized spacial score (nSPS) is 14.9. The molecule has 0 aromatic rings. The van der Waals surface area contributed by atoms with Crippen LogP contribution in [-0.2, 0) is 65.4 Å². The van der Waals surface area contributed by atoms with Gasteiger partial charge in [0, 0.05) is 25.7 Å². The molecule has 0 aromatic heterocycles. The standard InChI is InChI=1S/C81H130O17P2/c1-5-9-13-17-21-25-29-33-36-37-40-43-46-50-54-58-62-66-79(84)92-72-77(98-81(86)68-64-60-56-52-48-44-39-35-31-27-23-19-15-11-7-3)74-96-100(89,90)94-70-75(82)69-93-99(87,88)95-73-76(97-80(85)67-63-59-55-51-47-41-32-28-24-20-16-12-8-4)71-91-78(83)65-61-57-53-49-45-42-38-34-30-26-22-18-14-10-6-2/h9-11,13-16,20-23,25-28,32-36,38-40,43,48,50,52,54,75-77,82H,5-8,12,17-19,24,29-31,37,41-42,44-47,49,51,53,55-74H2,1-4H3,(H,87,88)(H,89,90)/b13-9-,14-10-,15-11-,20-16-,25-21-,26-22-,27-23-,32-28-,36-33-,38-34-,39-35-,43-40-,52-48-,54-50-. The quantitative estimate of drug-likeness (QED) is 0.0169. The molecular formula is C81H130O17P2. The van der Waals surface area contributed by atoms with Crippen LogP contribution in [0.4, 0.5) is 0 Å². The van der Waals surface area contributed by atoms with Crippen molar-refractivity contribution in [3.63, 3.8) is 0 Å². The number of aliphatic hydroxyl groups is 1. The maximum atomic E-state index is 13.1. The molecule has 0 heterocycles. The lowest BCUT2D eigenvalue weighted by atomic mass is 10.1. The van der Waals surface area contributed by atoms with Crippen LogP contribution in [0.3, 0.4) is 0 Å². The predicted octanol–water partition coefficient (Wildman–Crippen LogP) is 21.4. The van der Waals surface area contributed by atoms with Crippen LogP contribution in [0.2, 0.25) is 0 Å². The number of hydrogen-bond acceptors (Lipinski definition) is 15. The Morgan fingerprint density at radius 1 is 0.290 bits per heavy atom. The first-order valence-electron chi connectivity index (χ1n) is 37.4. The maximum absolute atomic E-state index is 13.1. The first kappa shape index (κ1) is 94.4. The third-order valence-electron chi connectivity index (χ3n) is 14.6. The Balaban J connectivity index is 5.48. The molecule has 0 spiro atoms. The van der Waals surface area contributed by atoms with Crippen molar-refractivity contribution < 1.29 is 80.2 Å². The molecule has 5 atom stereocenters. The summed E-state index contributed by atoms with van der Waals surface area (Å²) in [5.41, 5.74) is 0. The Morgan fingerprint density at radius 2 is 0.530 bits per heavy atom. The molecule has 0 fully saturated rings. The lowest BCUT2D eigenvalue weighted by Gasteiger charge is -2.21. The Kier molecular flexibility index (Phi) is 67.8. The van der Waals surface area contributed by atoms with Gasteiger partial charge in [-0.3, -0.25) is 37.3 Å². The number of carbonyl (C=O) groups is 4. The molecule has 5 unspecified atom stereocenters. The highest BCUT2D eigenvalue weighted by Crippen LogP contribution is 2.45. The largest absolute Gasteiger partial charge is 0.472 e. The smallest absolute Gasteiger partial charge is 0.462 e. The number of aliphatic hydroxyl groups excluding tert-OH is 1. The number of allylic oxidation sites excluding steroid dienone is 28. The molecule has 0 aliphatic heterocycles. The summed E-state index contributed by atoms with van der Waals surface area (Å²) in [7, 11) is -10.0. The lowest BCUT2D eigenvalue weighted by Crippen LogP contribution is -2.30. The minimum absolute atomic E-state index is 0.0234. The Labute approximate surface area is 603 Å². The number of esters is 4. The van der Waals surface area contributed by atoms with Gasteiger partial charge in [0.2, 0.25) is 0 Å². The van der Waals surface area contributed by atoms with Crippen LogP contribution in [0.15, 0.2) is 170 Å². The van der Waals surface area contributed by atoms with E-state index >= 15 is 0 Å². The van der Waals surface area contributed by atoms with Gasteiger partial charge >= 0.3 is 39.5 Å². The molecule has 0 radical (unpaired) electrons. The summed E-state index contributed by atoms with van der Waals surface area (Å²) < 4.78 is 68.3. The Bertz CT molecular complexity index is 2570. The summed E-state index contributed by atoms with van der Waals surface area (Å²) in [6, 6.07) is 0. The van der Waals surface area contributed by atoms with E-state index in [1.54, 1.807) is 0 Å². The minimum Gasteiger partial charge on any atom is -0.462 e. The number of unbranched alkanes of at least 4 members (excludes halogenated alkanes) is 14. The summed E-state index contributed by atoms with van der Waals surface area (Å²) in [6.07, 6.45) is 83.6. The third-order valence-corrected chi connectivity index (χ3v) is 16.5. The van der Waals surface area contributed by atoms with E-state index in [1.165, 1.54) is 0 Å². The highest BCUT2D eigenvalue weighted by molar-refractivity contribution is 7.47. The van der Waals surface area contributed by atoms with Gasteiger partial charge in [0.15, 0.2) is 12.2 Å². The first-order chi connectivity index (χ1) is 48.7. The molecule has 0 rings (SSSR count). The zero-order valence-corrected chi connectivity index (χ0v) is 63.3. The predicted molar refractivity (Wildman–Crippen MR) is 408 cm³/mol. The molecule has 0 bridgehead atoms. The second kappa shape index (κ2) is 71.8. The van der Waals surface area contributed by atoms with Crippen molar-refractivity contribution >= 4 is 39.5 Å². The molecule has 0 aliphatic rings. The van der Waals surface area contributed by atoms with Crippen molar-refractivity contribution in [2.45, 2.75) is 277 Å². The maximum Gasteiger partial charge on any atom is 0.472 e. The highest BCUT2D eigenvalue weighted by Gasteiger charge is 2.30. The fourth-order valence-corrected chi connectivity index (χ4v) is 10.6.